The van der Waals surface area contributed by atoms with Crippen LogP contribution in [0.15, 0.2) is 0 Å². The fraction of sp³-hybridized carbons (Fsp3) is 0.933. The largest absolute Gasteiger partial charge is 0.379 e. The van der Waals surface area contributed by atoms with Crippen LogP contribution in [0.3, 0.4) is 0 Å². The lowest BCUT2D eigenvalue weighted by molar-refractivity contribution is -0.127. The van der Waals surface area contributed by atoms with Crippen molar-refractivity contribution in [3.63, 3.8) is 0 Å². The van der Waals surface area contributed by atoms with E-state index in [1.54, 1.807) is 0 Å². The summed E-state index contributed by atoms with van der Waals surface area (Å²) in [6.45, 7) is 8.69. The fourth-order valence-corrected chi connectivity index (χ4v) is 3.25. The standard InChI is InChI=1S/C15H29N3O2/c1-2-5-15(6-3-8-17-15)14(19)16-7-4-9-18-10-12-20-13-11-18/h17H,2-13H2,1H3,(H,16,19). The molecule has 1 atom stereocenters. The molecule has 0 aromatic carbocycles. The molecular weight excluding hydrogens is 254 g/mol. The van der Waals surface area contributed by atoms with Crippen molar-refractivity contribution in [3.05, 3.63) is 0 Å². The van der Waals surface area contributed by atoms with Gasteiger partial charge in [-0.1, -0.05) is 13.3 Å². The second kappa shape index (κ2) is 7.96. The number of ether oxygens (including phenoxy) is 1. The zero-order valence-corrected chi connectivity index (χ0v) is 12.7. The van der Waals surface area contributed by atoms with E-state index in [9.17, 15) is 4.79 Å². The molecule has 1 unspecified atom stereocenters. The summed E-state index contributed by atoms with van der Waals surface area (Å²) >= 11 is 0. The van der Waals surface area contributed by atoms with Crippen LogP contribution in [-0.4, -0.2) is 62.3 Å². The highest BCUT2D eigenvalue weighted by Crippen LogP contribution is 2.24. The van der Waals surface area contributed by atoms with Crippen LogP contribution in [-0.2, 0) is 9.53 Å². The van der Waals surface area contributed by atoms with Crippen LogP contribution >= 0.6 is 0 Å². The van der Waals surface area contributed by atoms with Crippen molar-refractivity contribution in [2.45, 2.75) is 44.6 Å². The number of carbonyl (C=O) groups is 1. The molecule has 0 radical (unpaired) electrons. The number of hydrogen-bond acceptors (Lipinski definition) is 4. The molecule has 2 aliphatic heterocycles. The second-order valence-corrected chi connectivity index (χ2v) is 5.93. The summed E-state index contributed by atoms with van der Waals surface area (Å²) in [7, 11) is 0. The minimum atomic E-state index is -0.284. The Morgan fingerprint density at radius 2 is 2.20 bits per heavy atom. The molecule has 0 bridgehead atoms. The van der Waals surface area contributed by atoms with Crippen molar-refractivity contribution in [1.29, 1.82) is 0 Å². The monoisotopic (exact) mass is 283 g/mol. The minimum absolute atomic E-state index is 0.207. The van der Waals surface area contributed by atoms with Gasteiger partial charge in [0.05, 0.1) is 18.8 Å². The molecular formula is C15H29N3O2. The van der Waals surface area contributed by atoms with Gasteiger partial charge in [-0.2, -0.15) is 0 Å². The van der Waals surface area contributed by atoms with Gasteiger partial charge < -0.3 is 15.4 Å². The molecule has 0 aromatic heterocycles. The van der Waals surface area contributed by atoms with E-state index in [1.165, 1.54) is 0 Å². The Morgan fingerprint density at radius 1 is 1.40 bits per heavy atom. The molecule has 2 N–H and O–H groups in total. The number of carbonyl (C=O) groups excluding carboxylic acids is 1. The lowest BCUT2D eigenvalue weighted by Gasteiger charge is -2.29. The molecule has 2 aliphatic rings. The van der Waals surface area contributed by atoms with Gasteiger partial charge in [0.2, 0.25) is 5.91 Å². The summed E-state index contributed by atoms with van der Waals surface area (Å²) in [5.74, 6) is 0.207. The third-order valence-corrected chi connectivity index (χ3v) is 4.40. The van der Waals surface area contributed by atoms with Gasteiger partial charge in [-0.15, -0.1) is 0 Å². The average molecular weight is 283 g/mol. The van der Waals surface area contributed by atoms with Gasteiger partial charge in [-0.25, -0.2) is 0 Å². The normalized spacial score (nSPS) is 27.6. The summed E-state index contributed by atoms with van der Waals surface area (Å²) in [5.41, 5.74) is -0.284. The van der Waals surface area contributed by atoms with Gasteiger partial charge in [0.15, 0.2) is 0 Å². The van der Waals surface area contributed by atoms with E-state index in [0.717, 1.165) is 78.0 Å². The zero-order chi connectivity index (χ0) is 14.3. The fourth-order valence-electron chi connectivity index (χ4n) is 3.25. The van der Waals surface area contributed by atoms with Crippen LogP contribution in [0, 0.1) is 0 Å². The van der Waals surface area contributed by atoms with Gasteiger partial charge in [-0.3, -0.25) is 9.69 Å². The summed E-state index contributed by atoms with van der Waals surface area (Å²) in [4.78, 5) is 14.8. The zero-order valence-electron chi connectivity index (χ0n) is 12.7. The summed E-state index contributed by atoms with van der Waals surface area (Å²) in [6.07, 6.45) is 5.11. The first kappa shape index (κ1) is 15.7. The van der Waals surface area contributed by atoms with E-state index >= 15 is 0 Å². The third kappa shape index (κ3) is 4.17. The van der Waals surface area contributed by atoms with Crippen molar-refractivity contribution in [2.75, 3.05) is 45.9 Å². The molecule has 116 valence electrons. The van der Waals surface area contributed by atoms with Crippen molar-refractivity contribution >= 4 is 5.91 Å². The highest BCUT2D eigenvalue weighted by atomic mass is 16.5. The number of hydrogen-bond donors (Lipinski definition) is 2. The molecule has 20 heavy (non-hydrogen) atoms. The Labute approximate surface area is 122 Å². The molecule has 2 fully saturated rings. The first-order valence-electron chi connectivity index (χ1n) is 8.10. The van der Waals surface area contributed by atoms with Crippen LogP contribution in [0.25, 0.3) is 0 Å². The average Bonchev–Trinajstić information content (AvgIpc) is 2.95. The molecule has 2 rings (SSSR count). The van der Waals surface area contributed by atoms with E-state index in [-0.39, 0.29) is 11.4 Å². The first-order chi connectivity index (χ1) is 9.77. The predicted molar refractivity (Wildman–Crippen MR) is 79.8 cm³/mol. The number of rotatable bonds is 7. The van der Waals surface area contributed by atoms with Crippen LogP contribution in [0.2, 0.25) is 0 Å². The number of nitrogens with one attached hydrogen (secondary N) is 2. The Balaban J connectivity index is 1.66. The summed E-state index contributed by atoms with van der Waals surface area (Å²) < 4.78 is 5.33. The maximum atomic E-state index is 12.4. The molecule has 2 heterocycles. The van der Waals surface area contributed by atoms with Gasteiger partial charge in [-0.05, 0) is 38.8 Å². The Hall–Kier alpha value is -0.650. The quantitative estimate of drug-likeness (QED) is 0.677. The molecule has 0 aliphatic carbocycles. The highest BCUT2D eigenvalue weighted by molar-refractivity contribution is 5.86. The molecule has 0 saturated carbocycles. The molecule has 5 nitrogen and oxygen atoms in total. The number of morpholine rings is 1. The van der Waals surface area contributed by atoms with Gasteiger partial charge in [0, 0.05) is 19.6 Å². The first-order valence-corrected chi connectivity index (χ1v) is 8.10. The van der Waals surface area contributed by atoms with Gasteiger partial charge >= 0.3 is 0 Å². The Bertz CT molecular complexity index is 297. The van der Waals surface area contributed by atoms with E-state index < -0.39 is 0 Å². The lowest BCUT2D eigenvalue weighted by Crippen LogP contribution is -2.53. The Kier molecular flexibility index (Phi) is 6.26. The van der Waals surface area contributed by atoms with Crippen molar-refractivity contribution in [2.24, 2.45) is 0 Å². The molecule has 1 amide bonds. The minimum Gasteiger partial charge on any atom is -0.379 e. The number of nitrogens with zero attached hydrogens (tertiary/aromatic N) is 1. The van der Waals surface area contributed by atoms with Crippen molar-refractivity contribution < 1.29 is 9.53 Å². The van der Waals surface area contributed by atoms with Crippen molar-refractivity contribution in [3.8, 4) is 0 Å². The highest BCUT2D eigenvalue weighted by Gasteiger charge is 2.39. The van der Waals surface area contributed by atoms with Crippen LogP contribution in [0.1, 0.15) is 39.0 Å². The second-order valence-electron chi connectivity index (χ2n) is 5.93. The van der Waals surface area contributed by atoms with Crippen LogP contribution in [0.5, 0.6) is 0 Å². The van der Waals surface area contributed by atoms with E-state index in [2.05, 4.69) is 22.5 Å². The summed E-state index contributed by atoms with van der Waals surface area (Å²) in [5, 5.41) is 6.55. The van der Waals surface area contributed by atoms with Crippen molar-refractivity contribution in [1.82, 2.24) is 15.5 Å². The SMILES string of the molecule is CCCC1(C(=O)NCCCN2CCOCC2)CCCN1. The van der Waals surface area contributed by atoms with E-state index in [1.807, 2.05) is 0 Å². The maximum Gasteiger partial charge on any atom is 0.240 e. The lowest BCUT2D eigenvalue weighted by atomic mass is 9.91. The van der Waals surface area contributed by atoms with E-state index in [4.69, 9.17) is 4.74 Å². The topological polar surface area (TPSA) is 53.6 Å². The Morgan fingerprint density at radius 3 is 2.85 bits per heavy atom. The van der Waals surface area contributed by atoms with Gasteiger partial charge in [0.25, 0.3) is 0 Å². The predicted octanol–water partition coefficient (Wildman–Crippen LogP) is 0.747. The molecule has 2 saturated heterocycles. The van der Waals surface area contributed by atoms with E-state index in [0.29, 0.717) is 0 Å². The van der Waals surface area contributed by atoms with Crippen LogP contribution in [0.4, 0.5) is 0 Å². The maximum absolute atomic E-state index is 12.4. The molecule has 5 heteroatoms. The third-order valence-electron chi connectivity index (χ3n) is 4.40. The van der Waals surface area contributed by atoms with Gasteiger partial charge in [0.1, 0.15) is 0 Å². The smallest absolute Gasteiger partial charge is 0.240 e. The molecule has 0 aromatic rings. The van der Waals surface area contributed by atoms with Crippen LogP contribution < -0.4 is 10.6 Å². The number of amides is 1. The summed E-state index contributed by atoms with van der Waals surface area (Å²) in [6, 6.07) is 0. The molecule has 0 spiro atoms.